The zero-order valence-electron chi connectivity index (χ0n) is 12.8. The summed E-state index contributed by atoms with van der Waals surface area (Å²) in [5.41, 5.74) is 1.53. The van der Waals surface area contributed by atoms with Gasteiger partial charge in [-0.3, -0.25) is 0 Å². The Hall–Kier alpha value is -2.07. The van der Waals surface area contributed by atoms with Crippen LogP contribution in [0.5, 0.6) is 0 Å². The third-order valence-electron chi connectivity index (χ3n) is 3.61. The molecule has 2 heterocycles. The van der Waals surface area contributed by atoms with E-state index in [9.17, 15) is 4.79 Å². The molecule has 1 aliphatic heterocycles. The van der Waals surface area contributed by atoms with Crippen molar-refractivity contribution >= 4 is 28.0 Å². The molecule has 118 valence electrons. The Labute approximate surface area is 143 Å². The summed E-state index contributed by atoms with van der Waals surface area (Å²) in [5, 5.41) is 0. The summed E-state index contributed by atoms with van der Waals surface area (Å²) >= 11 is 3.41. The van der Waals surface area contributed by atoms with E-state index >= 15 is 0 Å². The van der Waals surface area contributed by atoms with Gasteiger partial charge in [0.25, 0.3) is 0 Å². The summed E-state index contributed by atoms with van der Waals surface area (Å²) in [6, 6.07) is 11.6. The summed E-state index contributed by atoms with van der Waals surface area (Å²) < 4.78 is 12.1. The van der Waals surface area contributed by atoms with Crippen LogP contribution in [0.15, 0.2) is 62.7 Å². The van der Waals surface area contributed by atoms with Gasteiger partial charge in [0.2, 0.25) is 0 Å². The average molecular weight is 373 g/mol. The molecule has 23 heavy (non-hydrogen) atoms. The highest BCUT2D eigenvalue weighted by atomic mass is 79.9. The first-order chi connectivity index (χ1) is 11.2. The highest BCUT2D eigenvalue weighted by Gasteiger charge is 2.20. The van der Waals surface area contributed by atoms with Gasteiger partial charge in [0.15, 0.2) is 0 Å². The van der Waals surface area contributed by atoms with Crippen LogP contribution in [0.4, 0.5) is 0 Å². The van der Waals surface area contributed by atoms with Crippen LogP contribution in [-0.2, 0) is 9.53 Å². The summed E-state index contributed by atoms with van der Waals surface area (Å²) in [4.78, 5) is 11.9. The van der Waals surface area contributed by atoms with Crippen molar-refractivity contribution in [1.29, 1.82) is 0 Å². The third kappa shape index (κ3) is 3.82. The van der Waals surface area contributed by atoms with Gasteiger partial charge in [0.05, 0.1) is 5.57 Å². The number of cyclic esters (lactones) is 1. The highest BCUT2D eigenvalue weighted by molar-refractivity contribution is 9.10. The number of hydrogen-bond acceptors (Lipinski definition) is 3. The molecular formula is C19H17BrO3. The van der Waals surface area contributed by atoms with E-state index < -0.39 is 0 Å². The van der Waals surface area contributed by atoms with E-state index in [2.05, 4.69) is 22.9 Å². The van der Waals surface area contributed by atoms with Gasteiger partial charge in [-0.15, -0.1) is 0 Å². The second-order valence-electron chi connectivity index (χ2n) is 5.41. The molecule has 0 amide bonds. The fraction of sp³-hybridized carbons (Fsp3) is 0.211. The van der Waals surface area contributed by atoms with Crippen LogP contribution in [0.2, 0.25) is 0 Å². The standard InChI is InChI=1S/C19H17BrO3/c1-2-3-4-16-11-14(19(21)23-16)12-17-9-10-18(22-17)13-5-7-15(20)8-6-13/h5-12H,2-4H2,1H3. The fourth-order valence-electron chi connectivity index (χ4n) is 2.37. The van der Waals surface area contributed by atoms with Crippen molar-refractivity contribution in [2.45, 2.75) is 26.2 Å². The number of unbranched alkanes of at least 4 members (excludes halogenated alkanes) is 1. The summed E-state index contributed by atoms with van der Waals surface area (Å²) in [5.74, 6) is 1.84. The van der Waals surface area contributed by atoms with Gasteiger partial charge in [-0.2, -0.15) is 0 Å². The van der Waals surface area contributed by atoms with E-state index in [1.54, 1.807) is 12.2 Å². The maximum absolute atomic E-state index is 11.9. The number of ether oxygens (including phenoxy) is 1. The van der Waals surface area contributed by atoms with Crippen LogP contribution < -0.4 is 0 Å². The first kappa shape index (κ1) is 15.8. The predicted octanol–water partition coefficient (Wildman–Crippen LogP) is 5.72. The molecular weight excluding hydrogens is 356 g/mol. The molecule has 0 spiro atoms. The Morgan fingerprint density at radius 2 is 1.91 bits per heavy atom. The van der Waals surface area contributed by atoms with Gasteiger partial charge in [-0.1, -0.05) is 41.4 Å². The van der Waals surface area contributed by atoms with Crippen molar-refractivity contribution in [3.05, 3.63) is 64.0 Å². The Balaban J connectivity index is 1.79. The van der Waals surface area contributed by atoms with Crippen molar-refractivity contribution < 1.29 is 13.9 Å². The minimum Gasteiger partial charge on any atom is -0.457 e. The zero-order chi connectivity index (χ0) is 16.2. The summed E-state index contributed by atoms with van der Waals surface area (Å²) in [7, 11) is 0. The Morgan fingerprint density at radius 1 is 1.13 bits per heavy atom. The summed E-state index contributed by atoms with van der Waals surface area (Å²) in [6.45, 7) is 2.11. The minimum absolute atomic E-state index is 0.308. The first-order valence-corrected chi connectivity index (χ1v) is 8.45. The smallest absolute Gasteiger partial charge is 0.343 e. The first-order valence-electron chi connectivity index (χ1n) is 7.66. The summed E-state index contributed by atoms with van der Waals surface area (Å²) in [6.07, 6.45) is 6.41. The molecule has 0 N–H and O–H groups in total. The molecule has 0 aliphatic carbocycles. The van der Waals surface area contributed by atoms with Crippen molar-refractivity contribution in [1.82, 2.24) is 0 Å². The minimum atomic E-state index is -0.308. The average Bonchev–Trinajstić information content (AvgIpc) is 3.14. The molecule has 1 aromatic heterocycles. The van der Waals surface area contributed by atoms with Gasteiger partial charge in [-0.05, 0) is 42.8 Å². The monoisotopic (exact) mass is 372 g/mol. The number of carbonyl (C=O) groups excluding carboxylic acids is 1. The highest BCUT2D eigenvalue weighted by Crippen LogP contribution is 2.27. The molecule has 0 saturated heterocycles. The van der Waals surface area contributed by atoms with Crippen molar-refractivity contribution in [2.75, 3.05) is 0 Å². The van der Waals surface area contributed by atoms with E-state index in [1.807, 2.05) is 36.4 Å². The fourth-order valence-corrected chi connectivity index (χ4v) is 2.63. The lowest BCUT2D eigenvalue weighted by Gasteiger charge is -1.98. The van der Waals surface area contributed by atoms with Gasteiger partial charge in [0, 0.05) is 16.5 Å². The zero-order valence-corrected chi connectivity index (χ0v) is 14.4. The molecule has 3 nitrogen and oxygen atoms in total. The van der Waals surface area contributed by atoms with Crippen LogP contribution in [0.1, 0.15) is 31.9 Å². The molecule has 4 heteroatoms. The second kappa shape index (κ2) is 7.01. The number of carbonyl (C=O) groups is 1. The van der Waals surface area contributed by atoms with Crippen LogP contribution in [0, 0.1) is 0 Å². The predicted molar refractivity (Wildman–Crippen MR) is 93.5 cm³/mol. The van der Waals surface area contributed by atoms with E-state index in [1.165, 1.54) is 0 Å². The molecule has 0 saturated carbocycles. The van der Waals surface area contributed by atoms with E-state index in [0.29, 0.717) is 11.3 Å². The Kier molecular flexibility index (Phi) is 4.82. The molecule has 0 radical (unpaired) electrons. The van der Waals surface area contributed by atoms with E-state index in [-0.39, 0.29) is 5.97 Å². The van der Waals surface area contributed by atoms with Crippen molar-refractivity contribution in [3.63, 3.8) is 0 Å². The van der Waals surface area contributed by atoms with Gasteiger partial charge in [-0.25, -0.2) is 4.79 Å². The van der Waals surface area contributed by atoms with Gasteiger partial charge in [0.1, 0.15) is 17.3 Å². The van der Waals surface area contributed by atoms with E-state index in [4.69, 9.17) is 9.15 Å². The molecule has 3 rings (SSSR count). The van der Waals surface area contributed by atoms with Crippen molar-refractivity contribution in [2.24, 2.45) is 0 Å². The Morgan fingerprint density at radius 3 is 2.65 bits per heavy atom. The van der Waals surface area contributed by atoms with Gasteiger partial charge < -0.3 is 9.15 Å². The molecule has 2 aromatic rings. The molecule has 1 aliphatic rings. The lowest BCUT2D eigenvalue weighted by atomic mass is 10.2. The second-order valence-corrected chi connectivity index (χ2v) is 6.33. The topological polar surface area (TPSA) is 39.4 Å². The molecule has 0 atom stereocenters. The third-order valence-corrected chi connectivity index (χ3v) is 4.13. The number of halogens is 1. The maximum Gasteiger partial charge on any atom is 0.343 e. The number of allylic oxidation sites excluding steroid dienone is 1. The lowest BCUT2D eigenvalue weighted by molar-refractivity contribution is -0.133. The number of furan rings is 1. The largest absolute Gasteiger partial charge is 0.457 e. The van der Waals surface area contributed by atoms with Crippen molar-refractivity contribution in [3.8, 4) is 11.3 Å². The quantitative estimate of drug-likeness (QED) is 0.497. The van der Waals surface area contributed by atoms with Crippen LogP contribution in [0.25, 0.3) is 17.4 Å². The van der Waals surface area contributed by atoms with E-state index in [0.717, 1.165) is 40.8 Å². The maximum atomic E-state index is 11.9. The molecule has 0 unspecified atom stereocenters. The number of rotatable bonds is 5. The molecule has 0 fully saturated rings. The Bertz CT molecular complexity index is 766. The van der Waals surface area contributed by atoms with Crippen LogP contribution in [-0.4, -0.2) is 5.97 Å². The SMILES string of the molecule is CCCCC1=CC(=Cc2ccc(-c3ccc(Br)cc3)o2)C(=O)O1. The molecule has 1 aromatic carbocycles. The number of esters is 1. The lowest BCUT2D eigenvalue weighted by Crippen LogP contribution is -1.97. The number of hydrogen-bond donors (Lipinski definition) is 0. The van der Waals surface area contributed by atoms with Crippen LogP contribution >= 0.6 is 15.9 Å². The van der Waals surface area contributed by atoms with Gasteiger partial charge >= 0.3 is 5.97 Å². The normalized spacial score (nSPS) is 15.8. The molecule has 0 bridgehead atoms. The van der Waals surface area contributed by atoms with Crippen LogP contribution in [0.3, 0.4) is 0 Å². The number of benzene rings is 1.